The third-order valence-corrected chi connectivity index (χ3v) is 2.80. The molecule has 3 nitrogen and oxygen atoms in total. The number of rotatable bonds is 2. The van der Waals surface area contributed by atoms with E-state index >= 15 is 0 Å². The van der Waals surface area contributed by atoms with E-state index in [0.29, 0.717) is 6.54 Å². The normalized spacial score (nSPS) is 11.4. The highest BCUT2D eigenvalue weighted by Crippen LogP contribution is 2.19. The van der Waals surface area contributed by atoms with Crippen LogP contribution in [0.25, 0.3) is 0 Å². The quantitative estimate of drug-likeness (QED) is 0.820. The molecule has 1 heterocycles. The third kappa shape index (κ3) is 2.73. The molecule has 0 radical (unpaired) electrons. The molecule has 0 aliphatic heterocycles. The fourth-order valence-electron chi connectivity index (χ4n) is 1.15. The Kier molecular flexibility index (Phi) is 3.16. The molecule has 1 rings (SSSR count). The van der Waals surface area contributed by atoms with Gasteiger partial charge in [0.15, 0.2) is 0 Å². The molecule has 0 saturated heterocycles. The molecular formula is C10H15NO2S. The molecule has 0 saturated carbocycles. The van der Waals surface area contributed by atoms with Gasteiger partial charge in [0.1, 0.15) is 0 Å². The van der Waals surface area contributed by atoms with Gasteiger partial charge >= 0.3 is 6.09 Å². The number of nitrogens with zero attached hydrogens (tertiary/aromatic N) is 1. The van der Waals surface area contributed by atoms with Crippen molar-refractivity contribution in [2.24, 2.45) is 0 Å². The van der Waals surface area contributed by atoms with Crippen molar-refractivity contribution in [2.45, 2.75) is 32.9 Å². The predicted molar refractivity (Wildman–Crippen MR) is 57.6 cm³/mol. The van der Waals surface area contributed by atoms with Gasteiger partial charge in [-0.3, -0.25) is 4.90 Å². The standard InChI is InChI=1S/C10H15NO2S/c1-10(2,3)11(9(12)13)7-8-5-4-6-14-8/h4-6H,7H2,1-3H3,(H,12,13). The highest BCUT2D eigenvalue weighted by atomic mass is 32.1. The number of amides is 1. The first-order chi connectivity index (χ1) is 6.41. The molecule has 0 atom stereocenters. The molecule has 0 bridgehead atoms. The van der Waals surface area contributed by atoms with Gasteiger partial charge in [0, 0.05) is 10.4 Å². The van der Waals surface area contributed by atoms with E-state index < -0.39 is 6.09 Å². The molecule has 0 aromatic carbocycles. The van der Waals surface area contributed by atoms with Crippen molar-refractivity contribution in [1.29, 1.82) is 0 Å². The van der Waals surface area contributed by atoms with Gasteiger partial charge in [-0.25, -0.2) is 4.79 Å². The largest absolute Gasteiger partial charge is 0.465 e. The number of thiophene rings is 1. The van der Waals surface area contributed by atoms with Crippen LogP contribution < -0.4 is 0 Å². The van der Waals surface area contributed by atoms with Crippen LogP contribution in [0.5, 0.6) is 0 Å². The number of carbonyl (C=O) groups is 1. The van der Waals surface area contributed by atoms with Crippen molar-refractivity contribution in [2.75, 3.05) is 0 Å². The zero-order valence-corrected chi connectivity index (χ0v) is 9.47. The molecule has 1 aromatic heterocycles. The minimum absolute atomic E-state index is 0.351. The molecular weight excluding hydrogens is 198 g/mol. The second-order valence-electron chi connectivity index (χ2n) is 4.12. The van der Waals surface area contributed by atoms with Gasteiger partial charge in [-0.1, -0.05) is 6.07 Å². The van der Waals surface area contributed by atoms with Gasteiger partial charge in [-0.2, -0.15) is 0 Å². The Morgan fingerprint density at radius 2 is 2.21 bits per heavy atom. The van der Waals surface area contributed by atoms with Crippen molar-refractivity contribution >= 4 is 17.4 Å². The molecule has 1 aromatic rings. The van der Waals surface area contributed by atoms with Crippen LogP contribution in [-0.4, -0.2) is 21.6 Å². The van der Waals surface area contributed by atoms with Gasteiger partial charge in [0.05, 0.1) is 6.54 Å². The summed E-state index contributed by atoms with van der Waals surface area (Å²) in [6.07, 6.45) is -0.870. The van der Waals surface area contributed by atoms with Crippen molar-refractivity contribution in [3.8, 4) is 0 Å². The maximum absolute atomic E-state index is 11.0. The Labute approximate surface area is 88.0 Å². The van der Waals surface area contributed by atoms with Gasteiger partial charge in [-0.05, 0) is 32.2 Å². The first-order valence-corrected chi connectivity index (χ1v) is 5.32. The molecule has 0 aliphatic carbocycles. The average molecular weight is 213 g/mol. The SMILES string of the molecule is CC(C)(C)N(Cc1cccs1)C(=O)O. The van der Waals surface area contributed by atoms with E-state index in [9.17, 15) is 4.79 Å². The maximum atomic E-state index is 11.0. The van der Waals surface area contributed by atoms with Crippen LogP contribution in [0, 0.1) is 0 Å². The van der Waals surface area contributed by atoms with Crippen molar-refractivity contribution in [3.63, 3.8) is 0 Å². The number of carboxylic acid groups (broad SMARTS) is 1. The van der Waals surface area contributed by atoms with Gasteiger partial charge in [-0.15, -0.1) is 11.3 Å². The van der Waals surface area contributed by atoms with Gasteiger partial charge in [0.25, 0.3) is 0 Å². The van der Waals surface area contributed by atoms with Crippen LogP contribution in [0.4, 0.5) is 4.79 Å². The highest BCUT2D eigenvalue weighted by Gasteiger charge is 2.26. The summed E-state index contributed by atoms with van der Waals surface area (Å²) in [4.78, 5) is 13.5. The zero-order chi connectivity index (χ0) is 10.8. The molecule has 0 fully saturated rings. The van der Waals surface area contributed by atoms with Crippen molar-refractivity contribution in [3.05, 3.63) is 22.4 Å². The fraction of sp³-hybridized carbons (Fsp3) is 0.500. The molecule has 0 unspecified atom stereocenters. The minimum Gasteiger partial charge on any atom is -0.465 e. The monoisotopic (exact) mass is 213 g/mol. The molecule has 1 amide bonds. The summed E-state index contributed by atoms with van der Waals surface area (Å²) in [7, 11) is 0. The van der Waals surface area contributed by atoms with E-state index in [4.69, 9.17) is 5.11 Å². The van der Waals surface area contributed by atoms with Crippen LogP contribution in [-0.2, 0) is 6.54 Å². The smallest absolute Gasteiger partial charge is 0.408 e. The van der Waals surface area contributed by atoms with E-state index in [2.05, 4.69) is 0 Å². The topological polar surface area (TPSA) is 40.5 Å². The molecule has 0 aliphatic rings. The highest BCUT2D eigenvalue weighted by molar-refractivity contribution is 7.09. The summed E-state index contributed by atoms with van der Waals surface area (Å²) in [5, 5.41) is 11.0. The zero-order valence-electron chi connectivity index (χ0n) is 8.65. The summed E-state index contributed by atoms with van der Waals surface area (Å²) in [6.45, 7) is 6.16. The van der Waals surface area contributed by atoms with E-state index in [1.807, 2.05) is 38.3 Å². The van der Waals surface area contributed by atoms with Gasteiger partial charge < -0.3 is 5.11 Å². The Bertz CT molecular complexity index is 300. The van der Waals surface area contributed by atoms with Crippen molar-refractivity contribution < 1.29 is 9.90 Å². The first kappa shape index (κ1) is 11.0. The predicted octanol–water partition coefficient (Wildman–Crippen LogP) is 3.03. The molecule has 0 spiro atoms. The molecule has 78 valence electrons. The Hall–Kier alpha value is -1.03. The van der Waals surface area contributed by atoms with Gasteiger partial charge in [0.2, 0.25) is 0 Å². The maximum Gasteiger partial charge on any atom is 0.408 e. The fourth-order valence-corrected chi connectivity index (χ4v) is 1.84. The van der Waals surface area contributed by atoms with Crippen LogP contribution in [0.15, 0.2) is 17.5 Å². The lowest BCUT2D eigenvalue weighted by Crippen LogP contribution is -2.44. The molecule has 1 N–H and O–H groups in total. The number of hydrogen-bond acceptors (Lipinski definition) is 2. The lowest BCUT2D eigenvalue weighted by atomic mass is 10.1. The lowest BCUT2D eigenvalue weighted by Gasteiger charge is -2.32. The van der Waals surface area contributed by atoms with Crippen LogP contribution >= 0.6 is 11.3 Å². The molecule has 4 heteroatoms. The van der Waals surface area contributed by atoms with E-state index in [1.165, 1.54) is 4.90 Å². The third-order valence-electron chi connectivity index (χ3n) is 1.93. The second kappa shape index (κ2) is 4.00. The number of hydrogen-bond donors (Lipinski definition) is 1. The van der Waals surface area contributed by atoms with Crippen LogP contribution in [0.2, 0.25) is 0 Å². The van der Waals surface area contributed by atoms with Crippen LogP contribution in [0.1, 0.15) is 25.6 Å². The summed E-state index contributed by atoms with van der Waals surface area (Å²) in [6, 6.07) is 3.88. The summed E-state index contributed by atoms with van der Waals surface area (Å²) >= 11 is 1.58. The van der Waals surface area contributed by atoms with E-state index in [1.54, 1.807) is 11.3 Å². The Morgan fingerprint density at radius 3 is 2.57 bits per heavy atom. The summed E-state index contributed by atoms with van der Waals surface area (Å²) in [5.41, 5.74) is -0.351. The lowest BCUT2D eigenvalue weighted by molar-refractivity contribution is 0.0962. The average Bonchev–Trinajstić information content (AvgIpc) is 2.48. The summed E-state index contributed by atoms with van der Waals surface area (Å²) < 4.78 is 0. The van der Waals surface area contributed by atoms with E-state index in [0.717, 1.165) is 4.88 Å². The summed E-state index contributed by atoms with van der Waals surface area (Å²) in [5.74, 6) is 0. The minimum atomic E-state index is -0.870. The second-order valence-corrected chi connectivity index (χ2v) is 5.15. The molecule has 14 heavy (non-hydrogen) atoms. The van der Waals surface area contributed by atoms with Crippen LogP contribution in [0.3, 0.4) is 0 Å². The van der Waals surface area contributed by atoms with E-state index in [-0.39, 0.29) is 5.54 Å². The Balaban J connectivity index is 2.76. The first-order valence-electron chi connectivity index (χ1n) is 4.44. The Morgan fingerprint density at radius 1 is 1.57 bits per heavy atom. The van der Waals surface area contributed by atoms with Crippen molar-refractivity contribution in [1.82, 2.24) is 4.90 Å².